The highest BCUT2D eigenvalue weighted by molar-refractivity contribution is 5.54. The lowest BCUT2D eigenvalue weighted by Gasteiger charge is -2.01. The third-order valence-electron chi connectivity index (χ3n) is 2.31. The van der Waals surface area contributed by atoms with E-state index in [1.54, 1.807) is 0 Å². The third kappa shape index (κ3) is 2.13. The van der Waals surface area contributed by atoms with Crippen LogP contribution < -0.4 is 5.56 Å². The van der Waals surface area contributed by atoms with E-state index in [-0.39, 0.29) is 5.56 Å². The van der Waals surface area contributed by atoms with Gasteiger partial charge in [0.25, 0.3) is 5.56 Å². The molecule has 0 spiro atoms. The lowest BCUT2D eigenvalue weighted by Crippen LogP contribution is -2.05. The zero-order valence-electron chi connectivity index (χ0n) is 8.53. The molecule has 2 rings (SSSR count). The van der Waals surface area contributed by atoms with Crippen LogP contribution in [0.15, 0.2) is 41.3 Å². The molecule has 0 saturated heterocycles. The van der Waals surface area contributed by atoms with E-state index in [4.69, 9.17) is 0 Å². The Morgan fingerprint density at radius 3 is 2.53 bits per heavy atom. The van der Waals surface area contributed by atoms with Crippen LogP contribution in [0.2, 0.25) is 0 Å². The van der Waals surface area contributed by atoms with Crippen molar-refractivity contribution in [2.75, 3.05) is 0 Å². The van der Waals surface area contributed by atoms with Gasteiger partial charge in [-0.2, -0.15) is 0 Å². The summed E-state index contributed by atoms with van der Waals surface area (Å²) >= 11 is 0. The maximum absolute atomic E-state index is 11.1. The Morgan fingerprint density at radius 2 is 1.93 bits per heavy atom. The molecule has 0 unspecified atom stereocenters. The summed E-state index contributed by atoms with van der Waals surface area (Å²) in [6.45, 7) is 2.11. The van der Waals surface area contributed by atoms with E-state index < -0.39 is 0 Å². The summed E-state index contributed by atoms with van der Waals surface area (Å²) in [5.41, 5.74) is 2.08. The average molecular weight is 200 g/mol. The molecule has 1 aromatic heterocycles. The van der Waals surface area contributed by atoms with Gasteiger partial charge >= 0.3 is 0 Å². The quantitative estimate of drug-likeness (QED) is 0.805. The lowest BCUT2D eigenvalue weighted by molar-refractivity contribution is 1.12. The van der Waals surface area contributed by atoms with Gasteiger partial charge in [-0.3, -0.25) is 4.79 Å². The fourth-order valence-corrected chi connectivity index (χ4v) is 1.42. The summed E-state index contributed by atoms with van der Waals surface area (Å²) in [6, 6.07) is 9.43. The molecular formula is C12H12N2O. The molecule has 0 fully saturated rings. The Hall–Kier alpha value is -1.90. The van der Waals surface area contributed by atoms with Gasteiger partial charge in [0.1, 0.15) is 5.82 Å². The number of nitrogens with zero attached hydrogens (tertiary/aromatic N) is 1. The van der Waals surface area contributed by atoms with Crippen molar-refractivity contribution < 1.29 is 0 Å². The molecule has 1 N–H and O–H groups in total. The predicted octanol–water partition coefficient (Wildman–Crippen LogP) is 2.00. The molecule has 0 aliphatic carbocycles. The summed E-state index contributed by atoms with van der Waals surface area (Å²) in [7, 11) is 0. The van der Waals surface area contributed by atoms with Crippen LogP contribution in [-0.4, -0.2) is 9.97 Å². The number of hydrogen-bond donors (Lipinski definition) is 1. The fourth-order valence-electron chi connectivity index (χ4n) is 1.42. The Bertz CT molecular complexity index is 500. The second-order valence-electron chi connectivity index (χ2n) is 3.33. The van der Waals surface area contributed by atoms with Crippen molar-refractivity contribution in [1.82, 2.24) is 9.97 Å². The van der Waals surface area contributed by atoms with Crippen LogP contribution >= 0.6 is 0 Å². The summed E-state index contributed by atoms with van der Waals surface area (Å²) in [4.78, 5) is 17.9. The van der Waals surface area contributed by atoms with Gasteiger partial charge in [0, 0.05) is 17.8 Å². The molecular weight excluding hydrogens is 188 g/mol. The number of aromatic amines is 1. The van der Waals surface area contributed by atoms with Gasteiger partial charge in [-0.25, -0.2) is 4.98 Å². The Labute approximate surface area is 87.8 Å². The van der Waals surface area contributed by atoms with E-state index in [0.717, 1.165) is 12.0 Å². The first-order valence-electron chi connectivity index (χ1n) is 4.94. The molecule has 0 bridgehead atoms. The smallest absolute Gasteiger partial charge is 0.251 e. The van der Waals surface area contributed by atoms with Crippen LogP contribution in [0.4, 0.5) is 0 Å². The van der Waals surface area contributed by atoms with Crippen LogP contribution in [0.5, 0.6) is 0 Å². The van der Waals surface area contributed by atoms with Crippen LogP contribution in [0.25, 0.3) is 11.4 Å². The first kappa shape index (κ1) is 9.65. The summed E-state index contributed by atoms with van der Waals surface area (Å²) < 4.78 is 0. The molecule has 76 valence electrons. The normalized spacial score (nSPS) is 10.2. The summed E-state index contributed by atoms with van der Waals surface area (Å²) in [5.74, 6) is 0.616. The molecule has 1 heterocycles. The standard InChI is InChI=1S/C12H12N2O/c1-2-9-3-5-10(6-4-9)12-13-8-7-11(15)14-12/h3-8H,2H2,1H3,(H,13,14,15). The van der Waals surface area contributed by atoms with Crippen molar-refractivity contribution in [2.45, 2.75) is 13.3 Å². The Kier molecular flexibility index (Phi) is 2.63. The van der Waals surface area contributed by atoms with Gasteiger partial charge < -0.3 is 4.98 Å². The predicted molar refractivity (Wildman–Crippen MR) is 59.7 cm³/mol. The zero-order chi connectivity index (χ0) is 10.7. The maximum atomic E-state index is 11.1. The minimum Gasteiger partial charge on any atom is -0.307 e. The lowest BCUT2D eigenvalue weighted by atomic mass is 10.1. The molecule has 0 aliphatic heterocycles. The van der Waals surface area contributed by atoms with Crippen LogP contribution in [0, 0.1) is 0 Å². The molecule has 0 saturated carbocycles. The van der Waals surface area contributed by atoms with Crippen molar-refractivity contribution in [1.29, 1.82) is 0 Å². The third-order valence-corrected chi connectivity index (χ3v) is 2.31. The highest BCUT2D eigenvalue weighted by Gasteiger charge is 1.98. The van der Waals surface area contributed by atoms with E-state index in [1.165, 1.54) is 17.8 Å². The molecule has 15 heavy (non-hydrogen) atoms. The van der Waals surface area contributed by atoms with Crippen molar-refractivity contribution in [3.05, 3.63) is 52.4 Å². The van der Waals surface area contributed by atoms with Crippen LogP contribution in [0.1, 0.15) is 12.5 Å². The number of benzene rings is 1. The molecule has 0 atom stereocenters. The molecule has 3 nitrogen and oxygen atoms in total. The van der Waals surface area contributed by atoms with E-state index in [1.807, 2.05) is 24.3 Å². The Balaban J connectivity index is 2.41. The average Bonchev–Trinajstić information content (AvgIpc) is 2.29. The van der Waals surface area contributed by atoms with Gasteiger partial charge in [0.15, 0.2) is 0 Å². The van der Waals surface area contributed by atoms with Gasteiger partial charge in [0.05, 0.1) is 0 Å². The molecule has 0 amide bonds. The number of hydrogen-bond acceptors (Lipinski definition) is 2. The van der Waals surface area contributed by atoms with E-state index in [0.29, 0.717) is 5.82 Å². The van der Waals surface area contributed by atoms with Gasteiger partial charge in [-0.05, 0) is 12.0 Å². The second kappa shape index (κ2) is 4.09. The maximum Gasteiger partial charge on any atom is 0.251 e. The highest BCUT2D eigenvalue weighted by atomic mass is 16.1. The largest absolute Gasteiger partial charge is 0.307 e. The first-order chi connectivity index (χ1) is 7.29. The van der Waals surface area contributed by atoms with Crippen molar-refractivity contribution in [3.63, 3.8) is 0 Å². The number of aromatic nitrogens is 2. The molecule has 2 aromatic rings. The fraction of sp³-hybridized carbons (Fsp3) is 0.167. The number of H-pyrrole nitrogens is 1. The van der Waals surface area contributed by atoms with Crippen molar-refractivity contribution in [3.8, 4) is 11.4 Å². The van der Waals surface area contributed by atoms with Crippen molar-refractivity contribution in [2.24, 2.45) is 0 Å². The first-order valence-corrected chi connectivity index (χ1v) is 4.94. The molecule has 1 aromatic carbocycles. The monoisotopic (exact) mass is 200 g/mol. The SMILES string of the molecule is CCc1ccc(-c2nccc(=O)[nH]2)cc1. The molecule has 0 radical (unpaired) electrons. The number of rotatable bonds is 2. The van der Waals surface area contributed by atoms with E-state index >= 15 is 0 Å². The minimum atomic E-state index is -0.125. The number of aryl methyl sites for hydroxylation is 1. The van der Waals surface area contributed by atoms with E-state index in [9.17, 15) is 4.79 Å². The van der Waals surface area contributed by atoms with Gasteiger partial charge in [-0.15, -0.1) is 0 Å². The Morgan fingerprint density at radius 1 is 1.20 bits per heavy atom. The second-order valence-corrected chi connectivity index (χ2v) is 3.33. The van der Waals surface area contributed by atoms with Crippen LogP contribution in [-0.2, 0) is 6.42 Å². The highest BCUT2D eigenvalue weighted by Crippen LogP contribution is 2.13. The zero-order valence-corrected chi connectivity index (χ0v) is 8.53. The van der Waals surface area contributed by atoms with Gasteiger partial charge in [-0.1, -0.05) is 31.2 Å². The van der Waals surface area contributed by atoms with Crippen molar-refractivity contribution >= 4 is 0 Å². The van der Waals surface area contributed by atoms with Gasteiger partial charge in [0.2, 0.25) is 0 Å². The van der Waals surface area contributed by atoms with Crippen LogP contribution in [0.3, 0.4) is 0 Å². The molecule has 0 aliphatic rings. The topological polar surface area (TPSA) is 45.8 Å². The summed E-state index contributed by atoms with van der Waals surface area (Å²) in [5, 5.41) is 0. The minimum absolute atomic E-state index is 0.125. The summed E-state index contributed by atoms with van der Waals surface area (Å²) in [6.07, 6.45) is 2.53. The van der Waals surface area contributed by atoms with E-state index in [2.05, 4.69) is 16.9 Å². The molecule has 3 heteroatoms. The number of nitrogens with one attached hydrogen (secondary N) is 1.